The second-order valence-corrected chi connectivity index (χ2v) is 8.60. The zero-order valence-corrected chi connectivity index (χ0v) is 18.4. The van der Waals surface area contributed by atoms with E-state index in [-0.39, 0.29) is 5.92 Å². The summed E-state index contributed by atoms with van der Waals surface area (Å²) in [6, 6.07) is 17.3. The number of amides is 1. The lowest BCUT2D eigenvalue weighted by atomic mass is 9.98. The Morgan fingerprint density at radius 2 is 1.94 bits per heavy atom. The van der Waals surface area contributed by atoms with Crippen molar-refractivity contribution in [2.24, 2.45) is 5.92 Å². The third kappa shape index (κ3) is 4.33. The first-order valence-corrected chi connectivity index (χ1v) is 10.7. The van der Waals surface area contributed by atoms with E-state index in [9.17, 15) is 14.9 Å². The van der Waals surface area contributed by atoms with E-state index in [4.69, 9.17) is 9.72 Å². The fraction of sp³-hybridized carbons (Fsp3) is 0.308. The van der Waals surface area contributed by atoms with E-state index in [1.165, 1.54) is 0 Å². The van der Waals surface area contributed by atoms with Gasteiger partial charge in [-0.3, -0.25) is 4.79 Å². The molecule has 1 amide bonds. The van der Waals surface area contributed by atoms with Gasteiger partial charge in [-0.2, -0.15) is 5.26 Å². The Bertz CT molecular complexity index is 1260. The van der Waals surface area contributed by atoms with E-state index in [1.54, 1.807) is 13.0 Å². The van der Waals surface area contributed by atoms with E-state index >= 15 is 0 Å². The van der Waals surface area contributed by atoms with Gasteiger partial charge < -0.3 is 10.1 Å². The third-order valence-electron chi connectivity index (χ3n) is 5.95. The molecular weight excluding hydrogens is 402 g/mol. The van der Waals surface area contributed by atoms with Crippen molar-refractivity contribution in [3.63, 3.8) is 0 Å². The van der Waals surface area contributed by atoms with Gasteiger partial charge in [-0.25, -0.2) is 9.78 Å². The number of benzene rings is 2. The quantitative estimate of drug-likeness (QED) is 0.586. The Kier molecular flexibility index (Phi) is 5.67. The van der Waals surface area contributed by atoms with E-state index in [0.717, 1.165) is 29.5 Å². The maximum atomic E-state index is 13.0. The minimum Gasteiger partial charge on any atom is -0.452 e. The van der Waals surface area contributed by atoms with Crippen LogP contribution in [0, 0.1) is 31.1 Å². The number of fused-ring (bicyclic) bond motifs is 1. The lowest BCUT2D eigenvalue weighted by Gasteiger charge is -2.22. The largest absolute Gasteiger partial charge is 0.452 e. The minimum absolute atomic E-state index is 0.150. The molecule has 2 aromatic carbocycles. The van der Waals surface area contributed by atoms with Crippen LogP contribution < -0.4 is 5.32 Å². The van der Waals surface area contributed by atoms with Crippen LogP contribution in [-0.4, -0.2) is 29.0 Å². The fourth-order valence-electron chi connectivity index (χ4n) is 4.00. The molecule has 6 nitrogen and oxygen atoms in total. The molecule has 0 bridgehead atoms. The summed E-state index contributed by atoms with van der Waals surface area (Å²) < 4.78 is 5.34. The highest BCUT2D eigenvalue weighted by Gasteiger charge is 2.43. The first-order valence-electron chi connectivity index (χ1n) is 10.7. The van der Waals surface area contributed by atoms with Crippen LogP contribution in [0.1, 0.15) is 41.3 Å². The molecule has 1 heterocycles. The number of para-hydroxylation sites is 1. The summed E-state index contributed by atoms with van der Waals surface area (Å²) in [5.41, 5.74) is 3.90. The van der Waals surface area contributed by atoms with Gasteiger partial charge in [-0.15, -0.1) is 0 Å². The number of nitrogens with zero attached hydrogens (tertiary/aromatic N) is 2. The van der Waals surface area contributed by atoms with Crippen molar-refractivity contribution in [2.75, 3.05) is 6.61 Å². The Morgan fingerprint density at radius 3 is 2.62 bits per heavy atom. The number of aryl methyl sites for hydroxylation is 2. The number of nitriles is 1. The summed E-state index contributed by atoms with van der Waals surface area (Å²) in [4.78, 5) is 30.1. The van der Waals surface area contributed by atoms with E-state index in [1.807, 2.05) is 50.2 Å². The summed E-state index contributed by atoms with van der Waals surface area (Å²) >= 11 is 0. The predicted molar refractivity (Wildman–Crippen MR) is 122 cm³/mol. The highest BCUT2D eigenvalue weighted by molar-refractivity contribution is 6.05. The molecule has 6 heteroatoms. The summed E-state index contributed by atoms with van der Waals surface area (Å²) in [7, 11) is 0. The molecule has 0 saturated heterocycles. The van der Waals surface area contributed by atoms with Crippen LogP contribution in [0.5, 0.6) is 0 Å². The Balaban J connectivity index is 1.59. The van der Waals surface area contributed by atoms with E-state index in [0.29, 0.717) is 22.2 Å². The molecule has 1 saturated carbocycles. The van der Waals surface area contributed by atoms with Crippen LogP contribution in [0.3, 0.4) is 0 Å². The van der Waals surface area contributed by atoms with Crippen molar-refractivity contribution in [1.29, 1.82) is 5.26 Å². The standard InChI is InChI=1S/C26H25N3O3/c1-16-8-11-19(17(2)12-16)23-13-21(20-6-4-5-7-22(20)28-23)25(31)32-14-24(30)29-26(3,15-27)18-9-10-18/h4-8,11-13,18H,9-10,14H2,1-3H3,(H,29,30)/t26-/m1/s1. The normalized spacial score (nSPS) is 14.9. The summed E-state index contributed by atoms with van der Waals surface area (Å²) in [5, 5.41) is 12.8. The van der Waals surface area contributed by atoms with Gasteiger partial charge in [0, 0.05) is 10.9 Å². The molecule has 1 aromatic heterocycles. The average molecular weight is 428 g/mol. The van der Waals surface area contributed by atoms with Gasteiger partial charge in [0.1, 0.15) is 5.54 Å². The maximum Gasteiger partial charge on any atom is 0.339 e. The Hall–Kier alpha value is -3.72. The number of hydrogen-bond donors (Lipinski definition) is 1. The van der Waals surface area contributed by atoms with Gasteiger partial charge in [0.25, 0.3) is 5.91 Å². The average Bonchev–Trinajstić information content (AvgIpc) is 3.63. The number of pyridine rings is 1. The number of hydrogen-bond acceptors (Lipinski definition) is 5. The summed E-state index contributed by atoms with van der Waals surface area (Å²) in [6.45, 7) is 5.29. The molecule has 0 spiro atoms. The van der Waals surface area contributed by atoms with Crippen LogP contribution in [-0.2, 0) is 9.53 Å². The molecule has 0 aliphatic heterocycles. The molecule has 3 aromatic rings. The van der Waals surface area contributed by atoms with Crippen molar-refractivity contribution in [1.82, 2.24) is 10.3 Å². The molecule has 1 N–H and O–H groups in total. The molecule has 1 aliphatic rings. The second kappa shape index (κ2) is 8.43. The van der Waals surface area contributed by atoms with Crippen molar-refractivity contribution >= 4 is 22.8 Å². The molecule has 1 atom stereocenters. The lowest BCUT2D eigenvalue weighted by molar-refractivity contribution is -0.125. The van der Waals surface area contributed by atoms with Crippen molar-refractivity contribution in [3.05, 3.63) is 65.2 Å². The fourth-order valence-corrected chi connectivity index (χ4v) is 4.00. The van der Waals surface area contributed by atoms with Gasteiger partial charge in [0.05, 0.1) is 22.8 Å². The lowest BCUT2D eigenvalue weighted by Crippen LogP contribution is -2.48. The molecular formula is C26H25N3O3. The topological polar surface area (TPSA) is 92.1 Å². The zero-order chi connectivity index (χ0) is 22.9. The number of carbonyl (C=O) groups excluding carboxylic acids is 2. The molecule has 0 radical (unpaired) electrons. The molecule has 1 fully saturated rings. The first kappa shape index (κ1) is 21.5. The van der Waals surface area contributed by atoms with Gasteiger partial charge in [0.2, 0.25) is 0 Å². The number of esters is 1. The highest BCUT2D eigenvalue weighted by Crippen LogP contribution is 2.39. The van der Waals surface area contributed by atoms with E-state index < -0.39 is 24.0 Å². The van der Waals surface area contributed by atoms with Crippen LogP contribution >= 0.6 is 0 Å². The van der Waals surface area contributed by atoms with Crippen molar-refractivity contribution in [2.45, 2.75) is 39.2 Å². The summed E-state index contributed by atoms with van der Waals surface area (Å²) in [6.07, 6.45) is 1.82. The number of ether oxygens (including phenoxy) is 1. The second-order valence-electron chi connectivity index (χ2n) is 8.60. The van der Waals surface area contributed by atoms with Gasteiger partial charge in [-0.1, -0.05) is 42.0 Å². The molecule has 1 aliphatic carbocycles. The molecule has 4 rings (SSSR count). The first-order chi connectivity index (χ1) is 15.3. The van der Waals surface area contributed by atoms with E-state index in [2.05, 4.69) is 17.5 Å². The highest BCUT2D eigenvalue weighted by atomic mass is 16.5. The minimum atomic E-state index is -0.928. The predicted octanol–water partition coefficient (Wildman–Crippen LogP) is 4.48. The monoisotopic (exact) mass is 427 g/mol. The van der Waals surface area contributed by atoms with Crippen LogP contribution in [0.4, 0.5) is 0 Å². The van der Waals surface area contributed by atoms with Gasteiger partial charge in [-0.05, 0) is 57.2 Å². The Labute approximate surface area is 187 Å². The number of nitrogens with one attached hydrogen (secondary N) is 1. The van der Waals surface area contributed by atoms with Crippen molar-refractivity contribution < 1.29 is 14.3 Å². The molecule has 0 unspecified atom stereocenters. The smallest absolute Gasteiger partial charge is 0.339 e. The van der Waals surface area contributed by atoms with Crippen LogP contribution in [0.15, 0.2) is 48.5 Å². The number of carbonyl (C=O) groups is 2. The Morgan fingerprint density at radius 1 is 1.19 bits per heavy atom. The summed E-state index contributed by atoms with van der Waals surface area (Å²) in [5.74, 6) is -0.936. The van der Waals surface area contributed by atoms with Crippen LogP contribution in [0.25, 0.3) is 22.2 Å². The third-order valence-corrected chi connectivity index (χ3v) is 5.95. The zero-order valence-electron chi connectivity index (χ0n) is 18.4. The number of rotatable bonds is 6. The molecule has 32 heavy (non-hydrogen) atoms. The molecule has 162 valence electrons. The maximum absolute atomic E-state index is 13.0. The van der Waals surface area contributed by atoms with Crippen LogP contribution in [0.2, 0.25) is 0 Å². The SMILES string of the molecule is Cc1ccc(-c2cc(C(=O)OCC(=O)N[C@](C)(C#N)C3CC3)c3ccccc3n2)c(C)c1. The van der Waals surface area contributed by atoms with Crippen molar-refractivity contribution in [3.8, 4) is 17.3 Å². The van der Waals surface area contributed by atoms with Gasteiger partial charge in [0.15, 0.2) is 6.61 Å². The number of aromatic nitrogens is 1. The van der Waals surface area contributed by atoms with Gasteiger partial charge >= 0.3 is 5.97 Å².